The van der Waals surface area contributed by atoms with Crippen LogP contribution in [0.15, 0.2) is 84.9 Å². The molecular weight excluding hydrogens is 580 g/mol. The number of nitrogens with zero attached hydrogens (tertiary/aromatic N) is 3. The minimum Gasteiger partial charge on any atom is -0.506 e. The minimum atomic E-state index is -1.24. The highest BCUT2D eigenvalue weighted by atomic mass is 16.5. The standard InChI is InChI=1S/C33H30N4O8/c1-20(38)44-19-33(2)18-36(21-11-5-4-6-12-21)37(31(33)42)32(43)35(3)26-16-10-9-15-24(26)30(41)45-27-17-25(29(34)40)28(39)23-14-8-7-13-22(23)27/h4-17,39H,18-19H2,1-3H3,(H2,34,40). The van der Waals surface area contributed by atoms with Crippen LogP contribution >= 0.6 is 0 Å². The molecule has 4 amide bonds. The molecule has 1 fully saturated rings. The number of aromatic hydroxyl groups is 1. The number of rotatable bonds is 7. The van der Waals surface area contributed by atoms with Gasteiger partial charge in [-0.25, -0.2) is 9.59 Å². The van der Waals surface area contributed by atoms with Crippen molar-refractivity contribution >= 4 is 51.9 Å². The molecule has 45 heavy (non-hydrogen) atoms. The molecule has 4 aromatic rings. The van der Waals surface area contributed by atoms with E-state index < -0.39 is 35.2 Å². The molecule has 0 aromatic heterocycles. The van der Waals surface area contributed by atoms with Crippen molar-refractivity contribution in [2.75, 3.05) is 30.1 Å². The summed E-state index contributed by atoms with van der Waals surface area (Å²) in [5.41, 5.74) is 4.63. The summed E-state index contributed by atoms with van der Waals surface area (Å²) in [5, 5.41) is 13.6. The van der Waals surface area contributed by atoms with Crippen molar-refractivity contribution in [1.82, 2.24) is 5.01 Å². The minimum absolute atomic E-state index is 0.0216. The lowest BCUT2D eigenvalue weighted by molar-refractivity contribution is -0.147. The highest BCUT2D eigenvalue weighted by Gasteiger charge is 2.52. The van der Waals surface area contributed by atoms with Gasteiger partial charge in [0.2, 0.25) is 0 Å². The molecule has 1 aliphatic rings. The summed E-state index contributed by atoms with van der Waals surface area (Å²) in [7, 11) is 1.41. The number of esters is 2. The van der Waals surface area contributed by atoms with Gasteiger partial charge in [-0.1, -0.05) is 54.6 Å². The van der Waals surface area contributed by atoms with E-state index in [0.717, 1.165) is 9.91 Å². The number of hydrogen-bond donors (Lipinski definition) is 2. The lowest BCUT2D eigenvalue weighted by Gasteiger charge is -2.31. The van der Waals surface area contributed by atoms with Gasteiger partial charge in [0.25, 0.3) is 11.8 Å². The van der Waals surface area contributed by atoms with Gasteiger partial charge in [-0.05, 0) is 37.3 Å². The Balaban J connectivity index is 1.50. The molecule has 1 aliphatic heterocycles. The number of para-hydroxylation sites is 2. The molecule has 12 heteroatoms. The van der Waals surface area contributed by atoms with Gasteiger partial charge in [-0.3, -0.25) is 24.3 Å². The first kappa shape index (κ1) is 30.5. The molecule has 1 atom stereocenters. The molecule has 4 aromatic carbocycles. The molecule has 0 bridgehead atoms. The van der Waals surface area contributed by atoms with E-state index in [4.69, 9.17) is 15.2 Å². The zero-order chi connectivity index (χ0) is 32.5. The van der Waals surface area contributed by atoms with Crippen molar-refractivity contribution in [1.29, 1.82) is 0 Å². The second-order valence-corrected chi connectivity index (χ2v) is 10.8. The molecule has 1 saturated heterocycles. The van der Waals surface area contributed by atoms with Gasteiger partial charge < -0.3 is 20.3 Å². The molecule has 0 radical (unpaired) electrons. The first-order valence-electron chi connectivity index (χ1n) is 13.9. The van der Waals surface area contributed by atoms with Gasteiger partial charge >= 0.3 is 18.0 Å². The molecule has 1 unspecified atom stereocenters. The fourth-order valence-corrected chi connectivity index (χ4v) is 5.14. The number of hydrogen-bond acceptors (Lipinski definition) is 9. The molecule has 5 rings (SSSR count). The first-order chi connectivity index (χ1) is 21.4. The van der Waals surface area contributed by atoms with E-state index in [2.05, 4.69) is 0 Å². The second kappa shape index (κ2) is 12.0. The van der Waals surface area contributed by atoms with E-state index in [1.165, 1.54) is 37.2 Å². The fourth-order valence-electron chi connectivity index (χ4n) is 5.14. The average Bonchev–Trinajstić information content (AvgIpc) is 3.31. The Hall–Kier alpha value is -5.91. The first-order valence-corrected chi connectivity index (χ1v) is 13.9. The van der Waals surface area contributed by atoms with Gasteiger partial charge in [0, 0.05) is 24.7 Å². The Morgan fingerprint density at radius 1 is 0.933 bits per heavy atom. The number of imide groups is 1. The van der Waals surface area contributed by atoms with Crippen molar-refractivity contribution in [2.45, 2.75) is 13.8 Å². The normalized spacial score (nSPS) is 16.0. The third kappa shape index (κ3) is 5.73. The van der Waals surface area contributed by atoms with Crippen molar-refractivity contribution in [3.8, 4) is 11.5 Å². The number of carbonyl (C=O) groups is 5. The highest BCUT2D eigenvalue weighted by Crippen LogP contribution is 2.38. The van der Waals surface area contributed by atoms with Crippen LogP contribution in [0.1, 0.15) is 34.6 Å². The van der Waals surface area contributed by atoms with Crippen LogP contribution in [0, 0.1) is 5.41 Å². The van der Waals surface area contributed by atoms with E-state index in [1.54, 1.807) is 73.7 Å². The van der Waals surface area contributed by atoms with Crippen LogP contribution in [0.2, 0.25) is 0 Å². The third-order valence-corrected chi connectivity index (χ3v) is 7.50. The van der Waals surface area contributed by atoms with E-state index in [9.17, 15) is 29.1 Å². The van der Waals surface area contributed by atoms with E-state index in [-0.39, 0.29) is 46.9 Å². The predicted molar refractivity (Wildman–Crippen MR) is 165 cm³/mol. The number of primary amides is 1. The van der Waals surface area contributed by atoms with Gasteiger partial charge in [-0.2, -0.15) is 5.01 Å². The third-order valence-electron chi connectivity index (χ3n) is 7.50. The average molecular weight is 611 g/mol. The molecule has 0 spiro atoms. The number of hydrazine groups is 1. The summed E-state index contributed by atoms with van der Waals surface area (Å²) in [6, 6.07) is 21.8. The predicted octanol–water partition coefficient (Wildman–Crippen LogP) is 4.25. The number of benzene rings is 4. The van der Waals surface area contributed by atoms with Crippen LogP contribution in [0.4, 0.5) is 16.2 Å². The Morgan fingerprint density at radius 2 is 1.56 bits per heavy atom. The topological polar surface area (TPSA) is 160 Å². The van der Waals surface area contributed by atoms with E-state index >= 15 is 0 Å². The lowest BCUT2D eigenvalue weighted by Crippen LogP contribution is -2.50. The van der Waals surface area contributed by atoms with Gasteiger partial charge in [0.05, 0.1) is 29.0 Å². The van der Waals surface area contributed by atoms with Gasteiger partial charge in [0.15, 0.2) is 0 Å². The number of phenols is 1. The summed E-state index contributed by atoms with van der Waals surface area (Å²) in [5.74, 6) is -3.32. The quantitative estimate of drug-likeness (QED) is 0.230. The molecule has 0 aliphatic carbocycles. The summed E-state index contributed by atoms with van der Waals surface area (Å²) in [4.78, 5) is 66.2. The maximum atomic E-state index is 14.1. The van der Waals surface area contributed by atoms with Crippen LogP contribution in [0.5, 0.6) is 11.5 Å². The van der Waals surface area contributed by atoms with Crippen LogP contribution < -0.4 is 20.4 Å². The van der Waals surface area contributed by atoms with Crippen LogP contribution in [0.25, 0.3) is 10.8 Å². The lowest BCUT2D eigenvalue weighted by atomic mass is 9.92. The number of anilines is 2. The maximum absolute atomic E-state index is 14.1. The van der Waals surface area contributed by atoms with Crippen LogP contribution in [-0.4, -0.2) is 60.1 Å². The van der Waals surface area contributed by atoms with E-state index in [1.807, 2.05) is 0 Å². The molecule has 1 heterocycles. The van der Waals surface area contributed by atoms with Gasteiger partial charge in [0.1, 0.15) is 23.5 Å². The number of fused-ring (bicyclic) bond motifs is 1. The largest absolute Gasteiger partial charge is 0.506 e. The number of amides is 4. The summed E-state index contributed by atoms with van der Waals surface area (Å²) >= 11 is 0. The second-order valence-electron chi connectivity index (χ2n) is 10.8. The van der Waals surface area contributed by atoms with Crippen molar-refractivity contribution in [2.24, 2.45) is 11.1 Å². The molecular formula is C33H30N4O8. The Labute approximate surface area is 258 Å². The van der Waals surface area contributed by atoms with Gasteiger partial charge in [-0.15, -0.1) is 0 Å². The Bertz CT molecular complexity index is 1840. The Morgan fingerprint density at radius 3 is 2.22 bits per heavy atom. The smallest absolute Gasteiger partial charge is 0.350 e. The number of ether oxygens (including phenoxy) is 2. The number of nitrogens with two attached hydrogens (primary N) is 1. The zero-order valence-electron chi connectivity index (χ0n) is 24.7. The summed E-state index contributed by atoms with van der Waals surface area (Å²) < 4.78 is 10.9. The van der Waals surface area contributed by atoms with Crippen LogP contribution in [-0.2, 0) is 14.3 Å². The Kier molecular flexibility index (Phi) is 8.14. The van der Waals surface area contributed by atoms with E-state index in [0.29, 0.717) is 11.1 Å². The van der Waals surface area contributed by atoms with Crippen molar-refractivity contribution in [3.05, 3.63) is 96.1 Å². The number of carbonyl (C=O) groups excluding carboxylic acids is 5. The van der Waals surface area contributed by atoms with Crippen molar-refractivity contribution in [3.63, 3.8) is 0 Å². The SMILES string of the molecule is CC(=O)OCC1(C)CN(c2ccccc2)N(C(=O)N(C)c2ccccc2C(=O)Oc2cc(C(N)=O)c(O)c3ccccc23)C1=O. The molecule has 230 valence electrons. The summed E-state index contributed by atoms with van der Waals surface area (Å²) in [6.45, 7) is 2.65. The molecule has 3 N–H and O–H groups in total. The zero-order valence-corrected chi connectivity index (χ0v) is 24.7. The van der Waals surface area contributed by atoms with Crippen LogP contribution in [0.3, 0.4) is 0 Å². The fraction of sp³-hybridized carbons (Fsp3) is 0.182. The molecule has 12 nitrogen and oxygen atoms in total. The maximum Gasteiger partial charge on any atom is 0.350 e. The molecule has 0 saturated carbocycles. The highest BCUT2D eigenvalue weighted by molar-refractivity contribution is 6.11. The van der Waals surface area contributed by atoms with Crippen molar-refractivity contribution < 1.29 is 38.6 Å². The monoisotopic (exact) mass is 610 g/mol. The number of urea groups is 1. The summed E-state index contributed by atoms with van der Waals surface area (Å²) in [6.07, 6.45) is 0.